The maximum absolute atomic E-state index is 13.8. The van der Waals surface area contributed by atoms with Gasteiger partial charge in [0.25, 0.3) is 5.91 Å². The first-order chi connectivity index (χ1) is 13.3. The number of halogens is 1. The summed E-state index contributed by atoms with van der Waals surface area (Å²) >= 11 is 6.37. The third-order valence-electron chi connectivity index (χ3n) is 4.42. The summed E-state index contributed by atoms with van der Waals surface area (Å²) in [6.45, 7) is 4.16. The van der Waals surface area contributed by atoms with Gasteiger partial charge in [-0.25, -0.2) is 4.39 Å². The highest BCUT2D eigenvalue weighted by Crippen LogP contribution is 2.33. The Balaban J connectivity index is 1.62. The molecular weight excluding hydrogens is 395 g/mol. The molecule has 28 heavy (non-hydrogen) atoms. The van der Waals surface area contributed by atoms with Gasteiger partial charge in [-0.2, -0.15) is 0 Å². The minimum Gasteiger partial charge on any atom is -0.326 e. The van der Waals surface area contributed by atoms with E-state index in [-0.39, 0.29) is 24.8 Å². The predicted molar refractivity (Wildman–Crippen MR) is 115 cm³/mol. The highest BCUT2D eigenvalue weighted by molar-refractivity contribution is 8.26. The van der Waals surface area contributed by atoms with Crippen molar-refractivity contribution >= 4 is 51.9 Å². The number of hydrogen-bond donors (Lipinski definition) is 1. The van der Waals surface area contributed by atoms with Crippen molar-refractivity contribution in [3.8, 4) is 0 Å². The quantitative estimate of drug-likeness (QED) is 0.570. The van der Waals surface area contributed by atoms with Crippen molar-refractivity contribution in [2.75, 3.05) is 11.9 Å². The zero-order valence-electron chi connectivity index (χ0n) is 15.5. The molecule has 0 unspecified atom stereocenters. The van der Waals surface area contributed by atoms with E-state index in [9.17, 15) is 14.0 Å². The van der Waals surface area contributed by atoms with Crippen molar-refractivity contribution in [3.63, 3.8) is 0 Å². The molecule has 7 heteroatoms. The molecule has 0 radical (unpaired) electrons. The van der Waals surface area contributed by atoms with Gasteiger partial charge in [0.1, 0.15) is 10.1 Å². The lowest BCUT2D eigenvalue weighted by Gasteiger charge is -2.14. The van der Waals surface area contributed by atoms with Crippen LogP contribution in [0.5, 0.6) is 0 Å². The molecule has 2 amide bonds. The van der Waals surface area contributed by atoms with Gasteiger partial charge >= 0.3 is 0 Å². The Morgan fingerprint density at radius 1 is 1.21 bits per heavy atom. The summed E-state index contributed by atoms with van der Waals surface area (Å²) in [5.74, 6) is -0.909. The van der Waals surface area contributed by atoms with E-state index >= 15 is 0 Å². The van der Waals surface area contributed by atoms with Gasteiger partial charge in [-0.3, -0.25) is 14.5 Å². The van der Waals surface area contributed by atoms with Crippen molar-refractivity contribution in [1.82, 2.24) is 4.90 Å². The molecule has 144 valence electrons. The molecule has 0 aliphatic carbocycles. The number of nitrogens with one attached hydrogen (secondary N) is 1. The Morgan fingerprint density at radius 3 is 2.68 bits per heavy atom. The smallest absolute Gasteiger partial charge is 0.266 e. The molecule has 0 atom stereocenters. The summed E-state index contributed by atoms with van der Waals surface area (Å²) < 4.78 is 14.2. The van der Waals surface area contributed by atoms with Gasteiger partial charge in [0.2, 0.25) is 5.91 Å². The largest absolute Gasteiger partial charge is 0.326 e. The normalized spacial score (nSPS) is 15.4. The summed E-state index contributed by atoms with van der Waals surface area (Å²) in [5, 5.41) is 2.83. The molecule has 0 spiro atoms. The van der Waals surface area contributed by atoms with Crippen LogP contribution in [0, 0.1) is 19.7 Å². The second kappa shape index (κ2) is 8.67. The fourth-order valence-corrected chi connectivity index (χ4v) is 3.98. The van der Waals surface area contributed by atoms with Gasteiger partial charge in [0.05, 0.1) is 4.91 Å². The van der Waals surface area contributed by atoms with Gasteiger partial charge in [0.15, 0.2) is 0 Å². The molecule has 1 fully saturated rings. The van der Waals surface area contributed by atoms with E-state index in [1.807, 2.05) is 32.0 Å². The zero-order chi connectivity index (χ0) is 20.3. The summed E-state index contributed by atoms with van der Waals surface area (Å²) in [7, 11) is 0. The highest BCUT2D eigenvalue weighted by atomic mass is 32.2. The number of anilines is 1. The van der Waals surface area contributed by atoms with Crippen molar-refractivity contribution < 1.29 is 14.0 Å². The third kappa shape index (κ3) is 4.66. The summed E-state index contributed by atoms with van der Waals surface area (Å²) in [5.41, 5.74) is 3.29. The van der Waals surface area contributed by atoms with Crippen LogP contribution in [0.1, 0.15) is 23.1 Å². The number of thioether (sulfide) groups is 1. The van der Waals surface area contributed by atoms with E-state index in [1.54, 1.807) is 18.2 Å². The Bertz CT molecular complexity index is 988. The minimum atomic E-state index is -0.402. The van der Waals surface area contributed by atoms with E-state index < -0.39 is 5.82 Å². The molecular formula is C21H19FN2O2S2. The average Bonchev–Trinajstić information content (AvgIpc) is 2.91. The Kier molecular flexibility index (Phi) is 6.26. The first kappa shape index (κ1) is 20.2. The molecule has 0 bridgehead atoms. The number of thiocarbonyl (C=S) groups is 1. The van der Waals surface area contributed by atoms with E-state index in [0.29, 0.717) is 14.8 Å². The predicted octanol–water partition coefficient (Wildman–Crippen LogP) is 4.67. The second-order valence-corrected chi connectivity index (χ2v) is 8.13. The van der Waals surface area contributed by atoms with E-state index in [2.05, 4.69) is 5.32 Å². The summed E-state index contributed by atoms with van der Waals surface area (Å²) in [4.78, 5) is 26.5. The van der Waals surface area contributed by atoms with Crippen molar-refractivity contribution in [3.05, 3.63) is 69.9 Å². The fraction of sp³-hybridized carbons (Fsp3) is 0.190. The molecule has 1 aliphatic heterocycles. The molecule has 0 saturated carbocycles. The number of carbonyl (C=O) groups excluding carboxylic acids is 2. The maximum atomic E-state index is 13.8. The van der Waals surface area contributed by atoms with Gasteiger partial charge in [-0.15, -0.1) is 0 Å². The van der Waals surface area contributed by atoms with Gasteiger partial charge in [-0.05, 0) is 49.2 Å². The molecule has 2 aromatic rings. The zero-order valence-corrected chi connectivity index (χ0v) is 17.1. The third-order valence-corrected chi connectivity index (χ3v) is 5.80. The lowest BCUT2D eigenvalue weighted by molar-refractivity contribution is -0.122. The van der Waals surface area contributed by atoms with Crippen LogP contribution in [0.3, 0.4) is 0 Å². The van der Waals surface area contributed by atoms with Gasteiger partial charge in [0, 0.05) is 24.2 Å². The number of carbonyl (C=O) groups is 2. The minimum absolute atomic E-state index is 0.117. The molecule has 1 aliphatic rings. The molecule has 1 heterocycles. The Hall–Kier alpha value is -2.51. The number of benzene rings is 2. The van der Waals surface area contributed by atoms with Crippen LogP contribution >= 0.6 is 24.0 Å². The van der Waals surface area contributed by atoms with E-state index in [0.717, 1.165) is 28.6 Å². The monoisotopic (exact) mass is 414 g/mol. The molecule has 1 N–H and O–H groups in total. The van der Waals surface area contributed by atoms with E-state index in [4.69, 9.17) is 12.2 Å². The number of aryl methyl sites for hydroxylation is 2. The van der Waals surface area contributed by atoms with Crippen LogP contribution < -0.4 is 5.32 Å². The van der Waals surface area contributed by atoms with Crippen molar-refractivity contribution in [2.24, 2.45) is 0 Å². The standard InChI is InChI=1S/C21H19FN2O2S2/c1-13-7-8-16(11-14(13)2)23-19(25)9-10-24-20(26)18(28-21(24)27)12-15-5-3-4-6-17(15)22/h3-8,11-12H,9-10H2,1-2H3,(H,23,25)/b18-12-. The highest BCUT2D eigenvalue weighted by Gasteiger charge is 2.32. The van der Waals surface area contributed by atoms with Crippen LogP contribution in [-0.2, 0) is 9.59 Å². The molecule has 3 rings (SSSR count). The van der Waals surface area contributed by atoms with Crippen molar-refractivity contribution in [1.29, 1.82) is 0 Å². The van der Waals surface area contributed by atoms with Crippen LogP contribution in [0.2, 0.25) is 0 Å². The lowest BCUT2D eigenvalue weighted by atomic mass is 10.1. The van der Waals surface area contributed by atoms with Gasteiger partial charge < -0.3 is 5.32 Å². The topological polar surface area (TPSA) is 49.4 Å². The first-order valence-corrected chi connectivity index (χ1v) is 9.94. The second-order valence-electron chi connectivity index (χ2n) is 6.45. The number of amides is 2. The number of nitrogens with zero attached hydrogens (tertiary/aromatic N) is 1. The van der Waals surface area contributed by atoms with Gasteiger partial charge in [-0.1, -0.05) is 48.2 Å². The Labute approximate surface area is 172 Å². The molecule has 1 saturated heterocycles. The first-order valence-electron chi connectivity index (χ1n) is 8.72. The number of rotatable bonds is 5. The van der Waals surface area contributed by atoms with Crippen LogP contribution in [-0.4, -0.2) is 27.6 Å². The van der Waals surface area contributed by atoms with E-state index in [1.165, 1.54) is 17.0 Å². The summed E-state index contributed by atoms with van der Waals surface area (Å²) in [6.07, 6.45) is 1.61. The SMILES string of the molecule is Cc1ccc(NC(=O)CCN2C(=O)/C(=C/c3ccccc3F)SC2=S)cc1C. The molecule has 0 aromatic heterocycles. The van der Waals surface area contributed by atoms with Crippen LogP contribution in [0.15, 0.2) is 47.4 Å². The fourth-order valence-electron chi connectivity index (χ4n) is 2.68. The maximum Gasteiger partial charge on any atom is 0.266 e. The average molecular weight is 415 g/mol. The Morgan fingerprint density at radius 2 is 1.96 bits per heavy atom. The molecule has 4 nitrogen and oxygen atoms in total. The lowest BCUT2D eigenvalue weighted by Crippen LogP contribution is -2.31. The van der Waals surface area contributed by atoms with Crippen LogP contribution in [0.25, 0.3) is 6.08 Å². The van der Waals surface area contributed by atoms with Crippen LogP contribution in [0.4, 0.5) is 10.1 Å². The summed E-state index contributed by atoms with van der Waals surface area (Å²) in [6, 6.07) is 11.9. The number of hydrogen-bond acceptors (Lipinski definition) is 4. The van der Waals surface area contributed by atoms with Crippen molar-refractivity contribution in [2.45, 2.75) is 20.3 Å². The molecule has 2 aromatic carbocycles.